The minimum Gasteiger partial charge on any atom is -0.490 e. The van der Waals surface area contributed by atoms with Gasteiger partial charge in [-0.05, 0) is 48.4 Å². The first-order valence-corrected chi connectivity index (χ1v) is 9.23. The lowest BCUT2D eigenvalue weighted by atomic mass is 10.1. The molecule has 2 aromatic carbocycles. The number of nitrogens with zero attached hydrogens (tertiary/aromatic N) is 1. The third kappa shape index (κ3) is 4.38. The normalized spacial score (nSPS) is 14.6. The van der Waals surface area contributed by atoms with E-state index < -0.39 is 5.97 Å². The Hall–Kier alpha value is -3.80. The van der Waals surface area contributed by atoms with Crippen molar-refractivity contribution < 1.29 is 23.4 Å². The molecule has 3 aromatic rings. The summed E-state index contributed by atoms with van der Waals surface area (Å²) in [5, 5.41) is 0. The third-order valence-electron chi connectivity index (χ3n) is 4.16. The fourth-order valence-electron chi connectivity index (χ4n) is 2.81. The van der Waals surface area contributed by atoms with Crippen molar-refractivity contribution >= 4 is 17.9 Å². The predicted octanol–water partition coefficient (Wildman–Crippen LogP) is 4.60. The summed E-state index contributed by atoms with van der Waals surface area (Å²) in [6, 6.07) is 18.7. The molecule has 0 spiro atoms. The van der Waals surface area contributed by atoms with Crippen LogP contribution in [0.3, 0.4) is 0 Å². The number of carbonyl (C=O) groups excluding carboxylic acids is 1. The molecule has 2 heterocycles. The largest absolute Gasteiger partial charge is 0.490 e. The smallest absolute Gasteiger partial charge is 0.363 e. The van der Waals surface area contributed by atoms with Crippen LogP contribution in [0.2, 0.25) is 0 Å². The number of esters is 1. The van der Waals surface area contributed by atoms with E-state index in [4.69, 9.17) is 18.6 Å². The van der Waals surface area contributed by atoms with Crippen LogP contribution in [0.4, 0.5) is 0 Å². The highest BCUT2D eigenvalue weighted by Gasteiger charge is 2.25. The second-order valence-corrected chi connectivity index (χ2v) is 6.23. The van der Waals surface area contributed by atoms with Gasteiger partial charge in [0.15, 0.2) is 23.0 Å². The van der Waals surface area contributed by atoms with E-state index in [2.05, 4.69) is 4.99 Å². The van der Waals surface area contributed by atoms with Crippen molar-refractivity contribution in [2.45, 2.75) is 13.5 Å². The van der Waals surface area contributed by atoms with E-state index >= 15 is 0 Å². The van der Waals surface area contributed by atoms with E-state index in [-0.39, 0.29) is 11.6 Å². The van der Waals surface area contributed by atoms with Gasteiger partial charge in [-0.3, -0.25) is 0 Å². The maximum absolute atomic E-state index is 12.1. The lowest BCUT2D eigenvalue weighted by molar-refractivity contribution is -0.130. The van der Waals surface area contributed by atoms with Gasteiger partial charge >= 0.3 is 5.97 Å². The summed E-state index contributed by atoms with van der Waals surface area (Å²) >= 11 is 0. The molecule has 0 saturated heterocycles. The zero-order valence-electron chi connectivity index (χ0n) is 15.8. The fourth-order valence-corrected chi connectivity index (χ4v) is 2.81. The first kappa shape index (κ1) is 18.6. The number of cyclic esters (lactones) is 1. The van der Waals surface area contributed by atoms with Crippen LogP contribution >= 0.6 is 0 Å². The molecule has 1 aromatic heterocycles. The number of hydrogen-bond donors (Lipinski definition) is 0. The maximum Gasteiger partial charge on any atom is 0.363 e. The number of hydrogen-bond acceptors (Lipinski definition) is 6. The molecule has 0 N–H and O–H groups in total. The van der Waals surface area contributed by atoms with Crippen LogP contribution in [0, 0.1) is 0 Å². The number of benzene rings is 2. The van der Waals surface area contributed by atoms with Crippen molar-refractivity contribution in [3.63, 3.8) is 0 Å². The first-order valence-electron chi connectivity index (χ1n) is 9.23. The van der Waals surface area contributed by atoms with Gasteiger partial charge in [0.1, 0.15) is 6.61 Å². The standard InChI is InChI=1S/C23H19NO5/c1-2-26-21-14-17(10-11-19(21)28-15-16-7-4-3-5-8-16)13-18-23(25)29-22(24-18)20-9-6-12-27-20/h3-14H,2,15H2,1H3/b18-13-. The van der Waals surface area contributed by atoms with Crippen molar-refractivity contribution in [1.82, 2.24) is 0 Å². The Labute approximate surface area is 168 Å². The number of aliphatic imine (C=N–C) groups is 1. The van der Waals surface area contributed by atoms with Gasteiger partial charge in [0.2, 0.25) is 0 Å². The van der Waals surface area contributed by atoms with Crippen LogP contribution in [0.5, 0.6) is 11.5 Å². The van der Waals surface area contributed by atoms with E-state index in [1.165, 1.54) is 6.26 Å². The Bertz CT molecular complexity index is 1050. The van der Waals surface area contributed by atoms with Crippen molar-refractivity contribution in [2.75, 3.05) is 6.61 Å². The number of rotatable bonds is 7. The summed E-state index contributed by atoms with van der Waals surface area (Å²) < 4.78 is 22.0. The molecule has 0 unspecified atom stereocenters. The monoisotopic (exact) mass is 389 g/mol. The molecule has 4 rings (SSSR count). The third-order valence-corrected chi connectivity index (χ3v) is 4.16. The quantitative estimate of drug-likeness (QED) is 0.436. The highest BCUT2D eigenvalue weighted by molar-refractivity contribution is 6.11. The summed E-state index contributed by atoms with van der Waals surface area (Å²) in [5.74, 6) is 1.25. The Morgan fingerprint density at radius 1 is 1.00 bits per heavy atom. The molecule has 0 aliphatic carbocycles. The Kier molecular flexibility index (Phi) is 5.42. The van der Waals surface area contributed by atoms with E-state index in [0.717, 1.165) is 11.1 Å². The fraction of sp³-hybridized carbons (Fsp3) is 0.130. The van der Waals surface area contributed by atoms with Gasteiger partial charge in [0.05, 0.1) is 12.9 Å². The van der Waals surface area contributed by atoms with Gasteiger partial charge in [0, 0.05) is 0 Å². The van der Waals surface area contributed by atoms with Crippen LogP contribution in [-0.4, -0.2) is 18.5 Å². The Morgan fingerprint density at radius 2 is 1.86 bits per heavy atom. The molecule has 0 amide bonds. The van der Waals surface area contributed by atoms with Gasteiger partial charge in [-0.2, -0.15) is 0 Å². The zero-order valence-corrected chi connectivity index (χ0v) is 15.8. The molecule has 29 heavy (non-hydrogen) atoms. The molecule has 6 heteroatoms. The van der Waals surface area contributed by atoms with Crippen LogP contribution in [0.15, 0.2) is 82.0 Å². The minimum absolute atomic E-state index is 0.152. The summed E-state index contributed by atoms with van der Waals surface area (Å²) in [7, 11) is 0. The summed E-state index contributed by atoms with van der Waals surface area (Å²) in [4.78, 5) is 16.3. The van der Waals surface area contributed by atoms with Crippen molar-refractivity contribution in [3.05, 3.63) is 89.5 Å². The topological polar surface area (TPSA) is 70.3 Å². The lowest BCUT2D eigenvalue weighted by Gasteiger charge is -2.12. The van der Waals surface area contributed by atoms with E-state index in [1.807, 2.05) is 55.5 Å². The maximum atomic E-state index is 12.1. The van der Waals surface area contributed by atoms with Gasteiger partial charge in [-0.25, -0.2) is 9.79 Å². The molecular weight excluding hydrogens is 370 g/mol. The molecule has 1 aliphatic rings. The highest BCUT2D eigenvalue weighted by atomic mass is 16.6. The van der Waals surface area contributed by atoms with Crippen LogP contribution < -0.4 is 9.47 Å². The zero-order chi connectivity index (χ0) is 20.1. The van der Waals surface area contributed by atoms with Crippen LogP contribution in [-0.2, 0) is 16.1 Å². The van der Waals surface area contributed by atoms with E-state index in [0.29, 0.717) is 30.5 Å². The Morgan fingerprint density at radius 3 is 2.62 bits per heavy atom. The molecular formula is C23H19NO5. The molecule has 6 nitrogen and oxygen atoms in total. The Balaban J connectivity index is 1.56. The van der Waals surface area contributed by atoms with Gasteiger partial charge in [-0.15, -0.1) is 0 Å². The van der Waals surface area contributed by atoms with Gasteiger partial charge in [-0.1, -0.05) is 36.4 Å². The predicted molar refractivity (Wildman–Crippen MR) is 108 cm³/mol. The summed E-state index contributed by atoms with van der Waals surface area (Å²) in [5.41, 5.74) is 2.00. The molecule has 0 atom stereocenters. The van der Waals surface area contributed by atoms with E-state index in [1.54, 1.807) is 18.2 Å². The molecule has 146 valence electrons. The molecule has 0 fully saturated rings. The molecule has 0 saturated carbocycles. The van der Waals surface area contributed by atoms with Crippen molar-refractivity contribution in [3.8, 4) is 11.5 Å². The second kappa shape index (κ2) is 8.48. The number of carbonyl (C=O) groups is 1. The summed E-state index contributed by atoms with van der Waals surface area (Å²) in [6.07, 6.45) is 3.14. The lowest BCUT2D eigenvalue weighted by Crippen LogP contribution is -2.04. The summed E-state index contributed by atoms with van der Waals surface area (Å²) in [6.45, 7) is 2.83. The average molecular weight is 389 g/mol. The first-order chi connectivity index (χ1) is 14.2. The van der Waals surface area contributed by atoms with Crippen LogP contribution in [0.1, 0.15) is 23.8 Å². The minimum atomic E-state index is -0.529. The molecule has 0 bridgehead atoms. The molecule has 1 aliphatic heterocycles. The molecule has 0 radical (unpaired) electrons. The highest BCUT2D eigenvalue weighted by Crippen LogP contribution is 2.31. The van der Waals surface area contributed by atoms with Gasteiger partial charge < -0.3 is 18.6 Å². The second-order valence-electron chi connectivity index (χ2n) is 6.23. The average Bonchev–Trinajstić information content (AvgIpc) is 3.39. The number of furan rings is 1. The number of ether oxygens (including phenoxy) is 3. The van der Waals surface area contributed by atoms with Gasteiger partial charge in [0.25, 0.3) is 5.90 Å². The SMILES string of the molecule is CCOc1cc(/C=C2\N=C(c3ccco3)OC2=O)ccc1OCc1ccccc1. The van der Waals surface area contributed by atoms with Crippen LogP contribution in [0.25, 0.3) is 6.08 Å². The van der Waals surface area contributed by atoms with Crippen molar-refractivity contribution in [2.24, 2.45) is 4.99 Å². The van der Waals surface area contributed by atoms with E-state index in [9.17, 15) is 4.79 Å². The van der Waals surface area contributed by atoms with Crippen molar-refractivity contribution in [1.29, 1.82) is 0 Å².